The van der Waals surface area contributed by atoms with Gasteiger partial charge in [-0.3, -0.25) is 9.36 Å². The molecule has 13 heavy (non-hydrogen) atoms. The number of carbonyl (C=O) groups excluding carboxylic acids is 1. The first-order valence-corrected chi connectivity index (χ1v) is 3.87. The highest BCUT2D eigenvalue weighted by molar-refractivity contribution is 5.79. The van der Waals surface area contributed by atoms with E-state index in [0.717, 1.165) is 0 Å². The van der Waals surface area contributed by atoms with Gasteiger partial charge in [0.25, 0.3) is 0 Å². The first-order chi connectivity index (χ1) is 6.15. The highest BCUT2D eigenvalue weighted by atomic mass is 16.5. The summed E-state index contributed by atoms with van der Waals surface area (Å²) in [5.74, 6) is -0.115. The van der Waals surface area contributed by atoms with E-state index in [-0.39, 0.29) is 24.6 Å². The Kier molecular flexibility index (Phi) is 3.02. The van der Waals surface area contributed by atoms with Gasteiger partial charge in [-0.2, -0.15) is 0 Å². The average molecular weight is 184 g/mol. The number of carbonyl (C=O) groups is 1. The molecule has 0 aliphatic carbocycles. The Balaban J connectivity index is 2.69. The van der Waals surface area contributed by atoms with Crippen LogP contribution in [-0.2, 0) is 23.1 Å². The van der Waals surface area contributed by atoms with Gasteiger partial charge in [-0.05, 0) is 0 Å². The lowest BCUT2D eigenvalue weighted by atomic mass is 10.4. The zero-order chi connectivity index (χ0) is 9.84. The molecule has 0 aromatic carbocycles. The molecule has 0 saturated heterocycles. The topological polar surface area (TPSA) is 53.2 Å². The van der Waals surface area contributed by atoms with Gasteiger partial charge < -0.3 is 9.30 Å². The average Bonchev–Trinajstić information content (AvgIpc) is 2.37. The molecule has 1 aromatic rings. The van der Waals surface area contributed by atoms with Gasteiger partial charge in [0.05, 0.1) is 6.54 Å². The van der Waals surface area contributed by atoms with Crippen molar-refractivity contribution >= 4 is 5.78 Å². The molecule has 0 spiro atoms. The molecule has 0 unspecified atom stereocenters. The lowest BCUT2D eigenvalue weighted by Gasteiger charge is -1.98. The van der Waals surface area contributed by atoms with Crippen LogP contribution in [0.5, 0.6) is 0 Å². The fourth-order valence-electron chi connectivity index (χ4n) is 1.03. The van der Waals surface area contributed by atoms with Crippen LogP contribution in [-0.4, -0.2) is 28.6 Å². The largest absolute Gasteiger partial charge is 0.377 e. The molecule has 0 saturated carbocycles. The number of hydrogen-bond donors (Lipinski definition) is 0. The Hall–Kier alpha value is -1.36. The Bertz CT molecular complexity index is 351. The Morgan fingerprint density at radius 1 is 1.54 bits per heavy atom. The Morgan fingerprint density at radius 3 is 2.69 bits per heavy atom. The van der Waals surface area contributed by atoms with Crippen LogP contribution in [0.4, 0.5) is 0 Å². The van der Waals surface area contributed by atoms with Crippen molar-refractivity contribution in [2.75, 3.05) is 13.7 Å². The molecule has 1 rings (SSSR count). The summed E-state index contributed by atoms with van der Waals surface area (Å²) in [4.78, 5) is 22.3. The summed E-state index contributed by atoms with van der Waals surface area (Å²) in [7, 11) is 3.09. The number of nitrogens with zero attached hydrogens (tertiary/aromatic N) is 2. The number of aromatic nitrogens is 2. The van der Waals surface area contributed by atoms with E-state index in [0.29, 0.717) is 0 Å². The highest BCUT2D eigenvalue weighted by Crippen LogP contribution is 1.84. The SMILES string of the molecule is COCC(=O)Cn1ccn(C)c1=O. The van der Waals surface area contributed by atoms with E-state index in [2.05, 4.69) is 4.74 Å². The molecule has 0 aliphatic heterocycles. The van der Waals surface area contributed by atoms with Crippen molar-refractivity contribution in [3.05, 3.63) is 22.9 Å². The van der Waals surface area contributed by atoms with E-state index < -0.39 is 0 Å². The van der Waals surface area contributed by atoms with E-state index in [1.807, 2.05) is 0 Å². The first kappa shape index (κ1) is 9.73. The van der Waals surface area contributed by atoms with Crippen LogP contribution >= 0.6 is 0 Å². The lowest BCUT2D eigenvalue weighted by molar-refractivity contribution is -0.123. The molecule has 0 radical (unpaired) electrons. The van der Waals surface area contributed by atoms with E-state index >= 15 is 0 Å². The summed E-state index contributed by atoms with van der Waals surface area (Å²) in [6.07, 6.45) is 3.19. The predicted octanol–water partition coefficient (Wildman–Crippen LogP) is -0.598. The van der Waals surface area contributed by atoms with Gasteiger partial charge in [-0.15, -0.1) is 0 Å². The van der Waals surface area contributed by atoms with Crippen molar-refractivity contribution in [1.29, 1.82) is 0 Å². The maximum absolute atomic E-state index is 11.2. The molecule has 0 bridgehead atoms. The summed E-state index contributed by atoms with van der Waals surface area (Å²) >= 11 is 0. The van der Waals surface area contributed by atoms with E-state index in [9.17, 15) is 9.59 Å². The van der Waals surface area contributed by atoms with Gasteiger partial charge in [-0.25, -0.2) is 4.79 Å². The molecule has 0 atom stereocenters. The number of ether oxygens (including phenoxy) is 1. The van der Waals surface area contributed by atoms with Crippen LogP contribution in [0.2, 0.25) is 0 Å². The second kappa shape index (κ2) is 4.04. The fourth-order valence-corrected chi connectivity index (χ4v) is 1.03. The van der Waals surface area contributed by atoms with Crippen molar-refractivity contribution < 1.29 is 9.53 Å². The third-order valence-corrected chi connectivity index (χ3v) is 1.67. The van der Waals surface area contributed by atoms with E-state index in [1.54, 1.807) is 19.4 Å². The molecule has 1 heterocycles. The van der Waals surface area contributed by atoms with Crippen LogP contribution in [0.1, 0.15) is 0 Å². The van der Waals surface area contributed by atoms with Gasteiger partial charge in [0, 0.05) is 26.6 Å². The standard InChI is InChI=1S/C8H12N2O3/c1-9-3-4-10(8(9)12)5-7(11)6-13-2/h3-4H,5-6H2,1-2H3. The van der Waals surface area contributed by atoms with Crippen LogP contribution in [0.3, 0.4) is 0 Å². The molecule has 5 nitrogen and oxygen atoms in total. The third-order valence-electron chi connectivity index (χ3n) is 1.67. The molecular formula is C8H12N2O3. The molecular weight excluding hydrogens is 172 g/mol. The van der Waals surface area contributed by atoms with Crippen LogP contribution in [0, 0.1) is 0 Å². The van der Waals surface area contributed by atoms with Crippen LogP contribution in [0.15, 0.2) is 17.2 Å². The molecule has 0 aliphatic rings. The maximum Gasteiger partial charge on any atom is 0.328 e. The summed E-state index contributed by atoms with van der Waals surface area (Å²) in [6, 6.07) is 0. The number of ketones is 1. The monoisotopic (exact) mass is 184 g/mol. The van der Waals surface area contributed by atoms with Gasteiger partial charge >= 0.3 is 5.69 Å². The number of hydrogen-bond acceptors (Lipinski definition) is 3. The van der Waals surface area contributed by atoms with Gasteiger partial charge in [0.2, 0.25) is 0 Å². The maximum atomic E-state index is 11.2. The summed E-state index contributed by atoms with van der Waals surface area (Å²) in [6.45, 7) is 0.120. The number of aryl methyl sites for hydroxylation is 1. The quantitative estimate of drug-likeness (QED) is 0.628. The normalized spacial score (nSPS) is 10.3. The minimum absolute atomic E-state index is 0.0430. The van der Waals surface area contributed by atoms with Gasteiger partial charge in [0.1, 0.15) is 6.61 Å². The summed E-state index contributed by atoms with van der Waals surface area (Å²) in [5, 5.41) is 0. The second-order valence-electron chi connectivity index (χ2n) is 2.79. The minimum Gasteiger partial charge on any atom is -0.377 e. The number of methoxy groups -OCH3 is 1. The van der Waals surface area contributed by atoms with Crippen molar-refractivity contribution in [3.8, 4) is 0 Å². The first-order valence-electron chi connectivity index (χ1n) is 3.87. The third kappa shape index (κ3) is 2.29. The van der Waals surface area contributed by atoms with Crippen molar-refractivity contribution in [2.24, 2.45) is 7.05 Å². The Morgan fingerprint density at radius 2 is 2.23 bits per heavy atom. The second-order valence-corrected chi connectivity index (χ2v) is 2.79. The molecule has 0 fully saturated rings. The minimum atomic E-state index is -0.190. The summed E-state index contributed by atoms with van der Waals surface area (Å²) in [5.41, 5.74) is -0.190. The van der Waals surface area contributed by atoms with Crippen molar-refractivity contribution in [1.82, 2.24) is 9.13 Å². The smallest absolute Gasteiger partial charge is 0.328 e. The fraction of sp³-hybridized carbons (Fsp3) is 0.500. The highest BCUT2D eigenvalue weighted by Gasteiger charge is 2.05. The molecule has 72 valence electrons. The van der Waals surface area contributed by atoms with Crippen LogP contribution in [0.25, 0.3) is 0 Å². The van der Waals surface area contributed by atoms with E-state index in [1.165, 1.54) is 16.2 Å². The molecule has 0 N–H and O–H groups in total. The molecule has 5 heteroatoms. The molecule has 0 amide bonds. The Labute approximate surface area is 75.5 Å². The number of imidazole rings is 1. The zero-order valence-corrected chi connectivity index (χ0v) is 7.69. The van der Waals surface area contributed by atoms with Crippen LogP contribution < -0.4 is 5.69 Å². The summed E-state index contributed by atoms with van der Waals surface area (Å²) < 4.78 is 7.42. The van der Waals surface area contributed by atoms with E-state index in [4.69, 9.17) is 0 Å². The van der Waals surface area contributed by atoms with Crippen molar-refractivity contribution in [3.63, 3.8) is 0 Å². The van der Waals surface area contributed by atoms with Crippen molar-refractivity contribution in [2.45, 2.75) is 6.54 Å². The molecule has 1 aromatic heterocycles. The van der Waals surface area contributed by atoms with Gasteiger partial charge in [0.15, 0.2) is 5.78 Å². The predicted molar refractivity (Wildman–Crippen MR) is 46.6 cm³/mol. The van der Waals surface area contributed by atoms with Gasteiger partial charge in [-0.1, -0.05) is 0 Å². The number of rotatable bonds is 4. The lowest BCUT2D eigenvalue weighted by Crippen LogP contribution is -2.26. The zero-order valence-electron chi connectivity index (χ0n) is 7.69. The number of Topliss-reactive ketones (excluding diaryl/α,β-unsaturated/α-hetero) is 1.